The maximum atomic E-state index is 12.4. The fourth-order valence-electron chi connectivity index (χ4n) is 2.89. The van der Waals surface area contributed by atoms with Crippen LogP contribution in [0.15, 0.2) is 42.5 Å². The molecule has 0 spiro atoms. The summed E-state index contributed by atoms with van der Waals surface area (Å²) in [6.45, 7) is 6.19. The predicted molar refractivity (Wildman–Crippen MR) is 123 cm³/mol. The van der Waals surface area contributed by atoms with E-state index < -0.39 is 12.1 Å². The second-order valence-electron chi connectivity index (χ2n) is 7.00. The van der Waals surface area contributed by atoms with Gasteiger partial charge in [-0.15, -0.1) is 0 Å². The van der Waals surface area contributed by atoms with Crippen LogP contribution in [0.4, 0.5) is 21.0 Å². The summed E-state index contributed by atoms with van der Waals surface area (Å²) in [7, 11) is 0. The Labute approximate surface area is 187 Å². The van der Waals surface area contributed by atoms with Gasteiger partial charge < -0.3 is 31.2 Å². The second-order valence-corrected chi connectivity index (χ2v) is 7.00. The standard InChI is InChI=1S/C23H29N5O4/c1-4-20(14-25)32-23(30)26-15(3)16-7-6-8-18(11-16)27-22(29)28-19-10-9-17(13-24)21(12-19)31-5-2/h6-12,15,20H,4-5,14,25H2,1-3H3,(H,26,30)(H2,27,28,29)/t15-,20?/m0/s1. The molecular formula is C23H29N5O4. The second kappa shape index (κ2) is 12.2. The molecule has 0 aromatic heterocycles. The predicted octanol–water partition coefficient (Wildman–Crippen LogP) is 4.13. The van der Waals surface area contributed by atoms with Crippen LogP contribution in [0.1, 0.15) is 44.4 Å². The third-order valence-electron chi connectivity index (χ3n) is 4.63. The number of nitriles is 1. The number of rotatable bonds is 9. The summed E-state index contributed by atoms with van der Waals surface area (Å²) in [5, 5.41) is 17.4. The molecule has 0 saturated heterocycles. The van der Waals surface area contributed by atoms with Gasteiger partial charge in [0.15, 0.2) is 0 Å². The van der Waals surface area contributed by atoms with Gasteiger partial charge in [-0.2, -0.15) is 5.26 Å². The van der Waals surface area contributed by atoms with Crippen LogP contribution in [-0.2, 0) is 4.74 Å². The molecule has 2 aromatic carbocycles. The number of anilines is 2. The molecule has 0 aliphatic rings. The topological polar surface area (TPSA) is 138 Å². The quantitative estimate of drug-likeness (QED) is 0.463. The number of amides is 3. The average Bonchev–Trinajstić information content (AvgIpc) is 2.78. The molecule has 0 bridgehead atoms. The van der Waals surface area contributed by atoms with Crippen LogP contribution in [0.5, 0.6) is 5.75 Å². The van der Waals surface area contributed by atoms with Crippen molar-refractivity contribution in [3.05, 3.63) is 53.6 Å². The summed E-state index contributed by atoms with van der Waals surface area (Å²) in [5.74, 6) is 0.404. The largest absolute Gasteiger partial charge is 0.492 e. The summed E-state index contributed by atoms with van der Waals surface area (Å²) in [6.07, 6.45) is -0.237. The average molecular weight is 440 g/mol. The fraction of sp³-hybridized carbons (Fsp3) is 0.348. The minimum absolute atomic E-state index is 0.262. The van der Waals surface area contributed by atoms with Crippen LogP contribution in [0.3, 0.4) is 0 Å². The molecule has 0 aliphatic heterocycles. The third-order valence-corrected chi connectivity index (χ3v) is 4.63. The Morgan fingerprint density at radius 1 is 1.12 bits per heavy atom. The zero-order chi connectivity index (χ0) is 23.5. The number of hydrogen-bond donors (Lipinski definition) is 4. The summed E-state index contributed by atoms with van der Waals surface area (Å²) < 4.78 is 10.7. The molecule has 3 amide bonds. The number of nitrogens with two attached hydrogens (primary N) is 1. The Balaban J connectivity index is 2.00. The lowest BCUT2D eigenvalue weighted by Gasteiger charge is -2.19. The van der Waals surface area contributed by atoms with E-state index in [1.807, 2.05) is 32.9 Å². The molecule has 2 aromatic rings. The van der Waals surface area contributed by atoms with Crippen molar-refractivity contribution in [1.82, 2.24) is 5.32 Å². The number of alkyl carbamates (subject to hydrolysis) is 1. The van der Waals surface area contributed by atoms with Crippen molar-refractivity contribution in [3.8, 4) is 11.8 Å². The number of ether oxygens (including phenoxy) is 2. The van der Waals surface area contributed by atoms with Crippen LogP contribution in [0.2, 0.25) is 0 Å². The van der Waals surface area contributed by atoms with E-state index in [9.17, 15) is 9.59 Å². The van der Waals surface area contributed by atoms with Crippen molar-refractivity contribution < 1.29 is 19.1 Å². The van der Waals surface area contributed by atoms with Gasteiger partial charge in [0.25, 0.3) is 0 Å². The van der Waals surface area contributed by atoms with E-state index in [1.54, 1.807) is 36.4 Å². The van der Waals surface area contributed by atoms with Crippen LogP contribution in [0, 0.1) is 11.3 Å². The first kappa shape index (κ1) is 24.5. The van der Waals surface area contributed by atoms with Gasteiger partial charge >= 0.3 is 12.1 Å². The van der Waals surface area contributed by atoms with Crippen molar-refractivity contribution in [2.24, 2.45) is 5.73 Å². The molecule has 0 heterocycles. The molecular weight excluding hydrogens is 410 g/mol. The maximum Gasteiger partial charge on any atom is 0.407 e. The maximum absolute atomic E-state index is 12.4. The molecule has 9 heteroatoms. The SMILES string of the molecule is CCOc1cc(NC(=O)Nc2cccc([C@H](C)NC(=O)OC(CC)CN)c2)ccc1C#N. The van der Waals surface area contributed by atoms with Crippen molar-refractivity contribution in [3.63, 3.8) is 0 Å². The van der Waals surface area contributed by atoms with Gasteiger partial charge in [-0.3, -0.25) is 0 Å². The van der Waals surface area contributed by atoms with Gasteiger partial charge in [-0.1, -0.05) is 19.1 Å². The highest BCUT2D eigenvalue weighted by Crippen LogP contribution is 2.23. The first-order valence-corrected chi connectivity index (χ1v) is 10.4. The Morgan fingerprint density at radius 2 is 1.84 bits per heavy atom. The van der Waals surface area contributed by atoms with Gasteiger partial charge in [-0.05, 0) is 50.1 Å². The minimum atomic E-state index is -0.545. The first-order valence-electron chi connectivity index (χ1n) is 10.4. The van der Waals surface area contributed by atoms with Crippen LogP contribution >= 0.6 is 0 Å². The smallest absolute Gasteiger partial charge is 0.407 e. The van der Waals surface area contributed by atoms with Crippen LogP contribution < -0.4 is 26.4 Å². The zero-order valence-corrected chi connectivity index (χ0v) is 18.5. The van der Waals surface area contributed by atoms with Gasteiger partial charge in [0.1, 0.15) is 17.9 Å². The van der Waals surface area contributed by atoms with E-state index in [0.717, 1.165) is 5.56 Å². The highest BCUT2D eigenvalue weighted by Gasteiger charge is 2.15. The van der Waals surface area contributed by atoms with E-state index in [-0.39, 0.29) is 18.7 Å². The Kier molecular flexibility index (Phi) is 9.32. The summed E-state index contributed by atoms with van der Waals surface area (Å²) >= 11 is 0. The lowest BCUT2D eigenvalue weighted by atomic mass is 10.1. The molecule has 1 unspecified atom stereocenters. The lowest BCUT2D eigenvalue weighted by Crippen LogP contribution is -2.34. The van der Waals surface area contributed by atoms with E-state index in [2.05, 4.69) is 16.0 Å². The Bertz CT molecular complexity index is 969. The van der Waals surface area contributed by atoms with Crippen LogP contribution in [0.25, 0.3) is 0 Å². The van der Waals surface area contributed by atoms with Crippen molar-refractivity contribution in [2.75, 3.05) is 23.8 Å². The van der Waals surface area contributed by atoms with E-state index in [0.29, 0.717) is 35.7 Å². The molecule has 170 valence electrons. The zero-order valence-electron chi connectivity index (χ0n) is 18.5. The number of carbonyl (C=O) groups excluding carboxylic acids is 2. The van der Waals surface area contributed by atoms with Gasteiger partial charge in [0.2, 0.25) is 0 Å². The van der Waals surface area contributed by atoms with Crippen LogP contribution in [-0.4, -0.2) is 31.4 Å². The van der Waals surface area contributed by atoms with E-state index >= 15 is 0 Å². The fourth-order valence-corrected chi connectivity index (χ4v) is 2.89. The van der Waals surface area contributed by atoms with E-state index in [1.165, 1.54) is 0 Å². The molecule has 0 fully saturated rings. The number of nitrogens with one attached hydrogen (secondary N) is 3. The first-order chi connectivity index (χ1) is 15.4. The highest BCUT2D eigenvalue weighted by atomic mass is 16.6. The number of nitrogens with zero attached hydrogens (tertiary/aromatic N) is 1. The molecule has 32 heavy (non-hydrogen) atoms. The van der Waals surface area contributed by atoms with E-state index in [4.69, 9.17) is 20.5 Å². The molecule has 0 saturated carbocycles. The molecule has 9 nitrogen and oxygen atoms in total. The summed E-state index contributed by atoms with van der Waals surface area (Å²) in [5.41, 5.74) is 7.78. The lowest BCUT2D eigenvalue weighted by molar-refractivity contribution is 0.0968. The van der Waals surface area contributed by atoms with Crippen molar-refractivity contribution >= 4 is 23.5 Å². The van der Waals surface area contributed by atoms with Gasteiger partial charge in [0, 0.05) is 24.0 Å². The highest BCUT2D eigenvalue weighted by molar-refractivity contribution is 6.00. The molecule has 2 atom stereocenters. The number of carbonyl (C=O) groups is 2. The Morgan fingerprint density at radius 3 is 2.47 bits per heavy atom. The van der Waals surface area contributed by atoms with Crippen molar-refractivity contribution in [2.45, 2.75) is 39.3 Å². The monoisotopic (exact) mass is 439 g/mol. The van der Waals surface area contributed by atoms with Gasteiger partial charge in [-0.25, -0.2) is 9.59 Å². The summed E-state index contributed by atoms with van der Waals surface area (Å²) in [4.78, 5) is 24.5. The normalized spacial score (nSPS) is 12.1. The Hall–Kier alpha value is -3.77. The molecule has 5 N–H and O–H groups in total. The summed E-state index contributed by atoms with van der Waals surface area (Å²) in [6, 6.07) is 13.2. The minimum Gasteiger partial charge on any atom is -0.492 e. The number of hydrogen-bond acceptors (Lipinski definition) is 6. The molecule has 2 rings (SSSR count). The third kappa shape index (κ3) is 7.18. The van der Waals surface area contributed by atoms with Gasteiger partial charge in [0.05, 0.1) is 18.2 Å². The van der Waals surface area contributed by atoms with Crippen molar-refractivity contribution in [1.29, 1.82) is 5.26 Å². The number of benzene rings is 2. The molecule has 0 aliphatic carbocycles. The molecule has 0 radical (unpaired) electrons. The number of urea groups is 1.